The summed E-state index contributed by atoms with van der Waals surface area (Å²) >= 11 is 1.50. The van der Waals surface area contributed by atoms with Gasteiger partial charge in [0.15, 0.2) is 0 Å². The van der Waals surface area contributed by atoms with Crippen molar-refractivity contribution in [2.24, 2.45) is 14.1 Å². The number of aromatic nitrogens is 4. The van der Waals surface area contributed by atoms with Gasteiger partial charge in [0, 0.05) is 44.8 Å². The van der Waals surface area contributed by atoms with Crippen LogP contribution in [0.5, 0.6) is 0 Å². The monoisotopic (exact) mass is 331 g/mol. The summed E-state index contributed by atoms with van der Waals surface area (Å²) in [4.78, 5) is 16.2. The summed E-state index contributed by atoms with van der Waals surface area (Å²) in [5.74, 6) is 0.370. The lowest BCUT2D eigenvalue weighted by atomic mass is 10.1. The zero-order valence-corrected chi connectivity index (χ0v) is 14.9. The summed E-state index contributed by atoms with van der Waals surface area (Å²) in [5, 5.41) is 9.79. The van der Waals surface area contributed by atoms with Crippen LogP contribution in [0.25, 0.3) is 10.2 Å². The van der Waals surface area contributed by atoms with Crippen molar-refractivity contribution < 1.29 is 4.79 Å². The fraction of sp³-hybridized carbons (Fsp3) is 0.438. The Bertz CT molecular complexity index is 857. The first-order chi connectivity index (χ1) is 10.9. The van der Waals surface area contributed by atoms with E-state index in [1.54, 1.807) is 15.8 Å². The molecule has 3 heterocycles. The van der Waals surface area contributed by atoms with E-state index < -0.39 is 0 Å². The fourth-order valence-electron chi connectivity index (χ4n) is 2.69. The molecule has 0 fully saturated rings. The van der Waals surface area contributed by atoms with E-state index in [0.717, 1.165) is 26.4 Å². The zero-order chi connectivity index (χ0) is 16.7. The molecule has 23 heavy (non-hydrogen) atoms. The number of rotatable bonds is 4. The summed E-state index contributed by atoms with van der Waals surface area (Å²) in [6, 6.07) is 1.98. The summed E-state index contributed by atoms with van der Waals surface area (Å²) < 4.78 is 3.61. The van der Waals surface area contributed by atoms with Crippen molar-refractivity contribution in [1.82, 2.24) is 24.5 Å². The lowest BCUT2D eigenvalue weighted by molar-refractivity contribution is 0.0790. The Labute approximate surface area is 139 Å². The van der Waals surface area contributed by atoms with Crippen LogP contribution >= 0.6 is 11.3 Å². The molecule has 0 aromatic carbocycles. The molecule has 0 unspecified atom stereocenters. The van der Waals surface area contributed by atoms with Crippen molar-refractivity contribution in [3.63, 3.8) is 0 Å². The van der Waals surface area contributed by atoms with Crippen molar-refractivity contribution in [2.75, 3.05) is 7.05 Å². The molecule has 7 heteroatoms. The molecular weight excluding hydrogens is 310 g/mol. The van der Waals surface area contributed by atoms with Crippen LogP contribution in [0.4, 0.5) is 0 Å². The highest BCUT2D eigenvalue weighted by molar-refractivity contribution is 7.20. The molecular formula is C16H21N5OS. The maximum absolute atomic E-state index is 12.7. The smallest absolute Gasteiger partial charge is 0.264 e. The van der Waals surface area contributed by atoms with Crippen LogP contribution in [0.15, 0.2) is 18.5 Å². The first-order valence-corrected chi connectivity index (χ1v) is 8.38. The van der Waals surface area contributed by atoms with Crippen molar-refractivity contribution in [3.8, 4) is 0 Å². The van der Waals surface area contributed by atoms with Gasteiger partial charge in [0.05, 0.1) is 16.8 Å². The minimum absolute atomic E-state index is 0.0322. The average Bonchev–Trinajstić information content (AvgIpc) is 3.15. The number of carbonyl (C=O) groups is 1. The van der Waals surface area contributed by atoms with E-state index in [1.165, 1.54) is 11.3 Å². The van der Waals surface area contributed by atoms with Crippen molar-refractivity contribution in [2.45, 2.75) is 26.3 Å². The Balaban J connectivity index is 1.87. The number of nitrogens with zero attached hydrogens (tertiary/aromatic N) is 5. The minimum Gasteiger partial charge on any atom is -0.337 e. The summed E-state index contributed by atoms with van der Waals surface area (Å²) in [6.45, 7) is 4.79. The Morgan fingerprint density at radius 2 is 2.13 bits per heavy atom. The van der Waals surface area contributed by atoms with Gasteiger partial charge in [-0.15, -0.1) is 11.3 Å². The molecule has 3 aromatic heterocycles. The number of hydrogen-bond donors (Lipinski definition) is 0. The second kappa shape index (κ2) is 5.81. The molecule has 122 valence electrons. The highest BCUT2D eigenvalue weighted by atomic mass is 32.1. The summed E-state index contributed by atoms with van der Waals surface area (Å²) in [5.41, 5.74) is 2.07. The molecule has 3 aromatic rings. The van der Waals surface area contributed by atoms with Crippen LogP contribution in [-0.4, -0.2) is 37.4 Å². The SMILES string of the molecule is CC(C)c1nn(C)c2sc(C(=O)N(C)Cc3cnn(C)c3)cc12. The zero-order valence-electron chi connectivity index (χ0n) is 14.1. The molecule has 0 N–H and O–H groups in total. The van der Waals surface area contributed by atoms with Crippen LogP contribution in [0, 0.1) is 0 Å². The Hall–Kier alpha value is -2.15. The number of amides is 1. The van der Waals surface area contributed by atoms with Gasteiger partial charge in [-0.2, -0.15) is 10.2 Å². The maximum Gasteiger partial charge on any atom is 0.264 e. The first-order valence-electron chi connectivity index (χ1n) is 7.56. The van der Waals surface area contributed by atoms with Gasteiger partial charge >= 0.3 is 0 Å². The van der Waals surface area contributed by atoms with Gasteiger partial charge in [0.25, 0.3) is 5.91 Å². The predicted octanol–water partition coefficient (Wildman–Crippen LogP) is 2.76. The molecule has 0 saturated carbocycles. The summed E-state index contributed by atoms with van der Waals surface area (Å²) in [6.07, 6.45) is 3.71. The largest absolute Gasteiger partial charge is 0.337 e. The van der Waals surface area contributed by atoms with Gasteiger partial charge < -0.3 is 4.90 Å². The summed E-state index contributed by atoms with van der Waals surface area (Å²) in [7, 11) is 5.62. The van der Waals surface area contributed by atoms with Crippen molar-refractivity contribution in [3.05, 3.63) is 34.6 Å². The average molecular weight is 331 g/mol. The minimum atomic E-state index is 0.0322. The number of carbonyl (C=O) groups excluding carboxylic acids is 1. The molecule has 0 aliphatic heterocycles. The second-order valence-corrected chi connectivity index (χ2v) is 7.21. The van der Waals surface area contributed by atoms with Crippen molar-refractivity contribution in [1.29, 1.82) is 0 Å². The van der Waals surface area contributed by atoms with E-state index in [4.69, 9.17) is 0 Å². The highest BCUT2D eigenvalue weighted by Crippen LogP contribution is 2.32. The lowest BCUT2D eigenvalue weighted by Gasteiger charge is -2.14. The second-order valence-electron chi connectivity index (χ2n) is 6.18. The van der Waals surface area contributed by atoms with E-state index in [1.807, 2.05) is 38.1 Å². The van der Waals surface area contributed by atoms with Gasteiger partial charge in [-0.1, -0.05) is 13.8 Å². The predicted molar refractivity (Wildman–Crippen MR) is 91.7 cm³/mol. The van der Waals surface area contributed by atoms with Gasteiger partial charge in [-0.25, -0.2) is 0 Å². The third kappa shape index (κ3) is 2.88. The maximum atomic E-state index is 12.7. The fourth-order valence-corrected chi connectivity index (χ4v) is 3.76. The quantitative estimate of drug-likeness (QED) is 0.739. The normalized spacial score (nSPS) is 11.6. The number of aryl methyl sites for hydroxylation is 2. The van der Waals surface area contributed by atoms with Crippen LogP contribution in [0.2, 0.25) is 0 Å². The molecule has 0 aliphatic rings. The topological polar surface area (TPSA) is 56.0 Å². The van der Waals surface area contributed by atoms with Crippen LogP contribution in [0.1, 0.15) is 40.7 Å². The molecule has 0 spiro atoms. The first kappa shape index (κ1) is 15.7. The van der Waals surface area contributed by atoms with Crippen LogP contribution in [0.3, 0.4) is 0 Å². The molecule has 3 rings (SSSR count). The van der Waals surface area contributed by atoms with E-state index in [9.17, 15) is 4.79 Å². The Morgan fingerprint density at radius 1 is 1.39 bits per heavy atom. The van der Waals surface area contributed by atoms with E-state index in [-0.39, 0.29) is 5.91 Å². The highest BCUT2D eigenvalue weighted by Gasteiger charge is 2.20. The Morgan fingerprint density at radius 3 is 2.74 bits per heavy atom. The number of fused-ring (bicyclic) bond motifs is 1. The van der Waals surface area contributed by atoms with E-state index >= 15 is 0 Å². The molecule has 0 saturated heterocycles. The standard InChI is InChI=1S/C16H21N5OS/c1-10(2)14-12-6-13(23-16(12)21(5)18-14)15(22)19(3)8-11-7-17-20(4)9-11/h6-7,9-10H,8H2,1-5H3. The molecule has 6 nitrogen and oxygen atoms in total. The van der Waals surface area contributed by atoms with Crippen LogP contribution in [-0.2, 0) is 20.6 Å². The molecule has 0 aliphatic carbocycles. The van der Waals surface area contributed by atoms with Gasteiger partial charge in [-0.3, -0.25) is 14.2 Å². The molecule has 0 atom stereocenters. The van der Waals surface area contributed by atoms with Gasteiger partial charge in [0.2, 0.25) is 0 Å². The number of hydrogen-bond acceptors (Lipinski definition) is 4. The third-order valence-corrected chi connectivity index (χ3v) is 5.01. The molecule has 0 radical (unpaired) electrons. The lowest BCUT2D eigenvalue weighted by Crippen LogP contribution is -2.25. The third-order valence-electron chi connectivity index (χ3n) is 3.82. The molecule has 1 amide bonds. The van der Waals surface area contributed by atoms with E-state index in [2.05, 4.69) is 24.0 Å². The van der Waals surface area contributed by atoms with Gasteiger partial charge in [0.1, 0.15) is 4.83 Å². The van der Waals surface area contributed by atoms with E-state index in [0.29, 0.717) is 12.5 Å². The molecule has 0 bridgehead atoms. The van der Waals surface area contributed by atoms with Crippen LogP contribution < -0.4 is 0 Å². The van der Waals surface area contributed by atoms with Gasteiger partial charge in [-0.05, 0) is 12.0 Å². The Kier molecular flexibility index (Phi) is 3.97. The van der Waals surface area contributed by atoms with Crippen molar-refractivity contribution >= 4 is 27.5 Å². The number of thiophene rings is 1.